The maximum atomic E-state index is 13.8. The monoisotopic (exact) mass is 543 g/mol. The molecule has 3 aliphatic rings. The third kappa shape index (κ3) is 6.08. The van der Waals surface area contributed by atoms with Crippen molar-refractivity contribution in [2.45, 2.75) is 50.8 Å². The Morgan fingerprint density at radius 1 is 1.18 bits per heavy atom. The molecule has 11 heteroatoms. The first-order chi connectivity index (χ1) is 18.5. The van der Waals surface area contributed by atoms with Gasteiger partial charge in [0.2, 0.25) is 5.78 Å². The number of amides is 2. The van der Waals surface area contributed by atoms with Crippen LogP contribution >= 0.6 is 0 Å². The third-order valence-electron chi connectivity index (χ3n) is 6.52. The van der Waals surface area contributed by atoms with Crippen LogP contribution in [0.4, 0.5) is 29.3 Å². The number of alkyl halides is 3. The van der Waals surface area contributed by atoms with Crippen LogP contribution in [0.5, 0.6) is 5.75 Å². The normalized spacial score (nSPS) is 18.4. The van der Waals surface area contributed by atoms with E-state index in [0.29, 0.717) is 23.7 Å². The quantitative estimate of drug-likeness (QED) is 0.420. The van der Waals surface area contributed by atoms with Crippen molar-refractivity contribution in [3.05, 3.63) is 65.2 Å². The molecule has 2 amide bonds. The molecule has 1 aromatic carbocycles. The van der Waals surface area contributed by atoms with E-state index in [1.165, 1.54) is 12.1 Å². The molecule has 2 fully saturated rings. The minimum atomic E-state index is -4.68. The van der Waals surface area contributed by atoms with Crippen molar-refractivity contribution in [3.8, 4) is 5.75 Å². The molecule has 2 aliphatic carbocycles. The highest BCUT2D eigenvalue weighted by molar-refractivity contribution is 6.02. The van der Waals surface area contributed by atoms with Gasteiger partial charge >= 0.3 is 12.2 Å². The zero-order valence-corrected chi connectivity index (χ0v) is 21.5. The van der Waals surface area contributed by atoms with Gasteiger partial charge in [0.1, 0.15) is 5.75 Å². The van der Waals surface area contributed by atoms with Gasteiger partial charge in [-0.25, -0.2) is 4.79 Å². The van der Waals surface area contributed by atoms with Crippen molar-refractivity contribution < 1.29 is 37.0 Å². The van der Waals surface area contributed by atoms with Crippen molar-refractivity contribution in [1.29, 1.82) is 0 Å². The molecule has 1 saturated heterocycles. The zero-order chi connectivity index (χ0) is 27.8. The standard InChI is InChI=1S/C28H28F3N3O5/c1-3-38-24-12-17(6-10-22(24)35)20-8-9-21(25(33-20)16-4-5-16)34-26(36)32-18-7-11-23(19(13-18)28(29,30)31)39-27(2)14-37-15-27/h6-9,11-13,16H,3-5,10,14-15H2,1-2H3,(H2,32,34,36). The van der Waals surface area contributed by atoms with Gasteiger partial charge in [-0.3, -0.25) is 9.78 Å². The van der Waals surface area contributed by atoms with Crippen molar-refractivity contribution >= 4 is 28.8 Å². The number of allylic oxidation sites excluding steroid dienone is 4. The van der Waals surface area contributed by atoms with Crippen LogP contribution in [0.3, 0.4) is 0 Å². The summed E-state index contributed by atoms with van der Waals surface area (Å²) >= 11 is 0. The molecule has 2 N–H and O–H groups in total. The van der Waals surface area contributed by atoms with Gasteiger partial charge in [-0.15, -0.1) is 0 Å². The number of nitrogens with zero attached hydrogens (tertiary/aromatic N) is 1. The predicted molar refractivity (Wildman–Crippen MR) is 137 cm³/mol. The van der Waals surface area contributed by atoms with E-state index < -0.39 is 23.4 Å². The Bertz CT molecular complexity index is 1360. The molecule has 0 radical (unpaired) electrons. The molecule has 2 aromatic rings. The second-order valence-electron chi connectivity index (χ2n) is 9.96. The number of hydrogen-bond acceptors (Lipinski definition) is 6. The summed E-state index contributed by atoms with van der Waals surface area (Å²) in [5, 5.41) is 5.20. The number of nitrogens with one attached hydrogen (secondary N) is 2. The van der Waals surface area contributed by atoms with Crippen LogP contribution in [0.2, 0.25) is 0 Å². The number of urea groups is 1. The number of ether oxygens (including phenoxy) is 3. The highest BCUT2D eigenvalue weighted by atomic mass is 19.4. The highest BCUT2D eigenvalue weighted by Crippen LogP contribution is 2.43. The predicted octanol–water partition coefficient (Wildman–Crippen LogP) is 6.07. The number of Topliss-reactive ketones (excluding diaryl/α,β-unsaturated/α-hetero) is 1. The average Bonchev–Trinajstić information content (AvgIpc) is 3.70. The number of anilines is 2. The largest absolute Gasteiger partial charge is 0.490 e. The van der Waals surface area contributed by atoms with Gasteiger partial charge < -0.3 is 24.8 Å². The van der Waals surface area contributed by atoms with Crippen molar-refractivity contribution in [1.82, 2.24) is 4.98 Å². The molecule has 8 nitrogen and oxygen atoms in total. The van der Waals surface area contributed by atoms with E-state index in [4.69, 9.17) is 19.2 Å². The first-order valence-corrected chi connectivity index (χ1v) is 12.7. The van der Waals surface area contributed by atoms with Gasteiger partial charge in [0, 0.05) is 23.6 Å². The second kappa shape index (κ2) is 10.4. The zero-order valence-electron chi connectivity index (χ0n) is 21.5. The lowest BCUT2D eigenvalue weighted by atomic mass is 10.0. The van der Waals surface area contributed by atoms with Gasteiger partial charge in [0.05, 0.1) is 42.5 Å². The number of ketones is 1. The maximum Gasteiger partial charge on any atom is 0.420 e. The summed E-state index contributed by atoms with van der Waals surface area (Å²) in [5.41, 5.74) is 0.691. The lowest BCUT2D eigenvalue weighted by Gasteiger charge is -2.38. The smallest absolute Gasteiger partial charge is 0.420 e. The van der Waals surface area contributed by atoms with Crippen LogP contribution in [-0.2, 0) is 20.4 Å². The van der Waals surface area contributed by atoms with Crippen LogP contribution in [0, 0.1) is 0 Å². The Morgan fingerprint density at radius 2 is 1.95 bits per heavy atom. The first kappa shape index (κ1) is 26.7. The van der Waals surface area contributed by atoms with Crippen molar-refractivity contribution in [2.75, 3.05) is 30.5 Å². The summed E-state index contributed by atoms with van der Waals surface area (Å²) in [7, 11) is 0. The lowest BCUT2D eigenvalue weighted by molar-refractivity contribution is -0.160. The second-order valence-corrected chi connectivity index (χ2v) is 9.96. The number of hydrogen-bond donors (Lipinski definition) is 2. The third-order valence-corrected chi connectivity index (χ3v) is 6.52. The van der Waals surface area contributed by atoms with E-state index in [-0.39, 0.29) is 48.5 Å². The summed E-state index contributed by atoms with van der Waals surface area (Å²) in [5.74, 6) is 0.0236. The van der Waals surface area contributed by atoms with Crippen LogP contribution < -0.4 is 15.4 Å². The molecule has 1 aliphatic heterocycles. The summed E-state index contributed by atoms with van der Waals surface area (Å²) in [4.78, 5) is 29.6. The van der Waals surface area contributed by atoms with Gasteiger partial charge in [0.25, 0.3) is 0 Å². The number of pyridine rings is 1. The van der Waals surface area contributed by atoms with Crippen LogP contribution in [-0.4, -0.2) is 42.2 Å². The topological polar surface area (TPSA) is 98.8 Å². The van der Waals surface area contributed by atoms with E-state index in [1.54, 1.807) is 38.1 Å². The molecule has 0 atom stereocenters. The number of carbonyl (C=O) groups excluding carboxylic acids is 2. The molecule has 0 spiro atoms. The number of carbonyl (C=O) groups is 2. The summed E-state index contributed by atoms with van der Waals surface area (Å²) < 4.78 is 57.3. The molecule has 2 heterocycles. The van der Waals surface area contributed by atoms with Gasteiger partial charge in [0.15, 0.2) is 11.4 Å². The molecule has 0 unspecified atom stereocenters. The van der Waals surface area contributed by atoms with Crippen molar-refractivity contribution in [2.24, 2.45) is 0 Å². The Kier molecular flexibility index (Phi) is 7.11. The molecule has 0 bridgehead atoms. The van der Waals surface area contributed by atoms with Gasteiger partial charge in [-0.05, 0) is 63.1 Å². The van der Waals surface area contributed by atoms with Crippen LogP contribution in [0.15, 0.2) is 48.2 Å². The van der Waals surface area contributed by atoms with E-state index in [0.717, 1.165) is 24.5 Å². The highest BCUT2D eigenvalue weighted by Gasteiger charge is 2.40. The summed E-state index contributed by atoms with van der Waals surface area (Å²) in [6.45, 7) is 4.24. The molecule has 5 rings (SSSR count). The minimum absolute atomic E-state index is 0.0367. The van der Waals surface area contributed by atoms with Gasteiger partial charge in [-0.2, -0.15) is 13.2 Å². The Hall–Kier alpha value is -3.86. The number of halogens is 3. The van der Waals surface area contributed by atoms with E-state index >= 15 is 0 Å². The molecule has 39 heavy (non-hydrogen) atoms. The fraction of sp³-hybridized carbons (Fsp3) is 0.393. The molecular formula is C28H28F3N3O5. The lowest BCUT2D eigenvalue weighted by Crippen LogP contribution is -2.51. The maximum absolute atomic E-state index is 13.8. The number of aromatic nitrogens is 1. The number of benzene rings is 1. The summed E-state index contributed by atoms with van der Waals surface area (Å²) in [6, 6.07) is 6.13. The Morgan fingerprint density at radius 3 is 2.59 bits per heavy atom. The van der Waals surface area contributed by atoms with Crippen LogP contribution in [0.1, 0.15) is 56.0 Å². The molecule has 206 valence electrons. The average molecular weight is 544 g/mol. The molecule has 1 aromatic heterocycles. The molecule has 1 saturated carbocycles. The Balaban J connectivity index is 1.33. The fourth-order valence-corrected chi connectivity index (χ4v) is 4.37. The molecular weight excluding hydrogens is 515 g/mol. The van der Waals surface area contributed by atoms with Crippen molar-refractivity contribution in [3.63, 3.8) is 0 Å². The van der Waals surface area contributed by atoms with E-state index in [1.807, 2.05) is 0 Å². The number of rotatable bonds is 8. The van der Waals surface area contributed by atoms with Gasteiger partial charge in [-0.1, -0.05) is 6.08 Å². The SMILES string of the molecule is CCOC1=CC(c2ccc(NC(=O)Nc3ccc(OC4(C)COC4)c(C(F)(F)F)c3)c(C3CC3)n2)=CCC1=O. The van der Waals surface area contributed by atoms with E-state index in [9.17, 15) is 22.8 Å². The minimum Gasteiger partial charge on any atom is -0.490 e. The summed E-state index contributed by atoms with van der Waals surface area (Å²) in [6.07, 6.45) is 0.792. The van der Waals surface area contributed by atoms with E-state index in [2.05, 4.69) is 10.6 Å². The fourth-order valence-electron chi connectivity index (χ4n) is 4.37. The van der Waals surface area contributed by atoms with Crippen LogP contribution in [0.25, 0.3) is 5.57 Å². The Labute approximate surface area is 223 Å². The first-order valence-electron chi connectivity index (χ1n) is 12.7.